The van der Waals surface area contributed by atoms with Crippen LogP contribution in [0.15, 0.2) is 42.5 Å². The van der Waals surface area contributed by atoms with E-state index < -0.39 is 11.6 Å². The number of benzene rings is 2. The quantitative estimate of drug-likeness (QED) is 0.653. The third kappa shape index (κ3) is 3.59. The van der Waals surface area contributed by atoms with Gasteiger partial charge in [0.05, 0.1) is 0 Å². The zero-order chi connectivity index (χ0) is 14.5. The van der Waals surface area contributed by atoms with Gasteiger partial charge in [-0.3, -0.25) is 11.3 Å². The van der Waals surface area contributed by atoms with Gasteiger partial charge in [0.15, 0.2) is 11.6 Å². The topological polar surface area (TPSA) is 38.0 Å². The first-order valence-corrected chi connectivity index (χ1v) is 6.23. The number of halogens is 3. The van der Waals surface area contributed by atoms with Gasteiger partial charge >= 0.3 is 0 Å². The van der Waals surface area contributed by atoms with Crippen molar-refractivity contribution in [3.8, 4) is 0 Å². The summed E-state index contributed by atoms with van der Waals surface area (Å²) in [7, 11) is 0. The van der Waals surface area contributed by atoms with E-state index in [1.165, 1.54) is 24.3 Å². The second-order valence-electron chi connectivity index (χ2n) is 4.61. The van der Waals surface area contributed by atoms with Gasteiger partial charge in [-0.05, 0) is 42.2 Å². The van der Waals surface area contributed by atoms with Crippen molar-refractivity contribution in [2.45, 2.75) is 18.9 Å². The van der Waals surface area contributed by atoms with E-state index in [0.29, 0.717) is 6.42 Å². The summed E-state index contributed by atoms with van der Waals surface area (Å²) in [6.45, 7) is 0. The molecule has 0 bridgehead atoms. The van der Waals surface area contributed by atoms with Crippen molar-refractivity contribution in [1.29, 1.82) is 0 Å². The molecule has 2 nitrogen and oxygen atoms in total. The van der Waals surface area contributed by atoms with Crippen LogP contribution < -0.4 is 11.3 Å². The number of hydrogen-bond donors (Lipinski definition) is 2. The lowest BCUT2D eigenvalue weighted by molar-refractivity contribution is 0.473. The third-order valence-corrected chi connectivity index (χ3v) is 3.10. The second kappa shape index (κ2) is 6.54. The standard InChI is InChI=1S/C15H15F3N2/c16-12-5-1-3-10(7-12)8-13(20-19)9-11-4-2-6-14(17)15(11)18/h1-7,13,20H,8-9,19H2. The average molecular weight is 280 g/mol. The molecule has 0 amide bonds. The molecule has 0 aliphatic rings. The summed E-state index contributed by atoms with van der Waals surface area (Å²) in [5, 5.41) is 0. The molecule has 0 saturated heterocycles. The first-order chi connectivity index (χ1) is 9.60. The normalized spacial score (nSPS) is 12.4. The van der Waals surface area contributed by atoms with Crippen LogP contribution in [-0.4, -0.2) is 6.04 Å². The van der Waals surface area contributed by atoms with Crippen molar-refractivity contribution >= 4 is 0 Å². The van der Waals surface area contributed by atoms with Gasteiger partial charge in [0.25, 0.3) is 0 Å². The summed E-state index contributed by atoms with van der Waals surface area (Å²) in [6.07, 6.45) is 0.640. The molecular weight excluding hydrogens is 265 g/mol. The van der Waals surface area contributed by atoms with E-state index in [0.717, 1.165) is 11.6 Å². The number of nitrogens with one attached hydrogen (secondary N) is 1. The fourth-order valence-corrected chi connectivity index (χ4v) is 2.11. The lowest BCUT2D eigenvalue weighted by atomic mass is 9.99. The molecule has 5 heteroatoms. The van der Waals surface area contributed by atoms with E-state index in [2.05, 4.69) is 5.43 Å². The van der Waals surface area contributed by atoms with Gasteiger partial charge in [0.1, 0.15) is 5.82 Å². The van der Waals surface area contributed by atoms with Crippen molar-refractivity contribution in [3.05, 3.63) is 71.0 Å². The highest BCUT2D eigenvalue weighted by Gasteiger charge is 2.14. The predicted octanol–water partition coefficient (Wildman–Crippen LogP) is 2.72. The second-order valence-corrected chi connectivity index (χ2v) is 4.61. The van der Waals surface area contributed by atoms with Gasteiger partial charge in [0, 0.05) is 6.04 Å². The molecule has 2 rings (SSSR count). The maximum Gasteiger partial charge on any atom is 0.162 e. The Hall–Kier alpha value is -1.85. The van der Waals surface area contributed by atoms with Gasteiger partial charge in [-0.2, -0.15) is 0 Å². The van der Waals surface area contributed by atoms with Gasteiger partial charge < -0.3 is 0 Å². The molecule has 2 aromatic carbocycles. The molecule has 0 heterocycles. The molecule has 0 aliphatic carbocycles. The SMILES string of the molecule is NNC(Cc1cccc(F)c1)Cc1cccc(F)c1F. The molecular formula is C15H15F3N2. The molecule has 1 atom stereocenters. The minimum absolute atomic E-state index is 0.219. The zero-order valence-electron chi connectivity index (χ0n) is 10.7. The van der Waals surface area contributed by atoms with Crippen LogP contribution in [0.1, 0.15) is 11.1 Å². The van der Waals surface area contributed by atoms with Crippen molar-refractivity contribution in [1.82, 2.24) is 5.43 Å². The number of hydrogen-bond acceptors (Lipinski definition) is 2. The Morgan fingerprint density at radius 3 is 2.45 bits per heavy atom. The Morgan fingerprint density at radius 2 is 1.75 bits per heavy atom. The maximum absolute atomic E-state index is 13.6. The Balaban J connectivity index is 2.11. The van der Waals surface area contributed by atoms with Crippen molar-refractivity contribution < 1.29 is 13.2 Å². The van der Waals surface area contributed by atoms with Crippen LogP contribution in [0, 0.1) is 17.5 Å². The van der Waals surface area contributed by atoms with Crippen LogP contribution in [0.25, 0.3) is 0 Å². The molecule has 0 fully saturated rings. The summed E-state index contributed by atoms with van der Waals surface area (Å²) in [5.41, 5.74) is 3.53. The highest BCUT2D eigenvalue weighted by atomic mass is 19.2. The van der Waals surface area contributed by atoms with Crippen LogP contribution in [-0.2, 0) is 12.8 Å². The monoisotopic (exact) mass is 280 g/mol. The minimum Gasteiger partial charge on any atom is -0.271 e. The molecule has 0 spiro atoms. The molecule has 2 aromatic rings. The fraction of sp³-hybridized carbons (Fsp3) is 0.200. The van der Waals surface area contributed by atoms with E-state index in [4.69, 9.17) is 5.84 Å². The van der Waals surface area contributed by atoms with Gasteiger partial charge in [-0.1, -0.05) is 24.3 Å². The van der Waals surface area contributed by atoms with E-state index in [9.17, 15) is 13.2 Å². The maximum atomic E-state index is 13.6. The zero-order valence-corrected chi connectivity index (χ0v) is 10.7. The number of nitrogens with two attached hydrogens (primary N) is 1. The van der Waals surface area contributed by atoms with Crippen LogP contribution in [0.4, 0.5) is 13.2 Å². The first-order valence-electron chi connectivity index (χ1n) is 6.23. The number of hydrazine groups is 1. The van der Waals surface area contributed by atoms with Crippen LogP contribution in [0.3, 0.4) is 0 Å². The van der Waals surface area contributed by atoms with Crippen LogP contribution in [0.2, 0.25) is 0 Å². The van der Waals surface area contributed by atoms with Crippen molar-refractivity contribution in [2.75, 3.05) is 0 Å². The largest absolute Gasteiger partial charge is 0.271 e. The lowest BCUT2D eigenvalue weighted by Gasteiger charge is -2.16. The third-order valence-electron chi connectivity index (χ3n) is 3.10. The van der Waals surface area contributed by atoms with Gasteiger partial charge in [0.2, 0.25) is 0 Å². The Bertz CT molecular complexity index is 587. The van der Waals surface area contributed by atoms with E-state index >= 15 is 0 Å². The Labute approximate surface area is 115 Å². The van der Waals surface area contributed by atoms with Gasteiger partial charge in [-0.25, -0.2) is 13.2 Å². The molecule has 106 valence electrons. The molecule has 0 radical (unpaired) electrons. The summed E-state index contributed by atoms with van der Waals surface area (Å²) in [6, 6.07) is 9.81. The van der Waals surface area contributed by atoms with Gasteiger partial charge in [-0.15, -0.1) is 0 Å². The fourth-order valence-electron chi connectivity index (χ4n) is 2.11. The van der Waals surface area contributed by atoms with Crippen LogP contribution >= 0.6 is 0 Å². The number of rotatable bonds is 5. The van der Waals surface area contributed by atoms with Crippen molar-refractivity contribution in [2.24, 2.45) is 5.84 Å². The molecule has 0 aliphatic heterocycles. The van der Waals surface area contributed by atoms with E-state index in [1.54, 1.807) is 12.1 Å². The first kappa shape index (κ1) is 14.6. The summed E-state index contributed by atoms with van der Waals surface area (Å²) >= 11 is 0. The predicted molar refractivity (Wildman–Crippen MR) is 71.3 cm³/mol. The summed E-state index contributed by atoms with van der Waals surface area (Å²) in [5.74, 6) is 3.34. The Morgan fingerprint density at radius 1 is 1.00 bits per heavy atom. The van der Waals surface area contributed by atoms with Crippen molar-refractivity contribution in [3.63, 3.8) is 0 Å². The van der Waals surface area contributed by atoms with E-state index in [1.807, 2.05) is 0 Å². The molecule has 3 N–H and O–H groups in total. The average Bonchev–Trinajstić information content (AvgIpc) is 2.43. The summed E-state index contributed by atoms with van der Waals surface area (Å²) < 4.78 is 39.8. The van der Waals surface area contributed by atoms with Crippen LogP contribution in [0.5, 0.6) is 0 Å². The Kier molecular flexibility index (Phi) is 4.76. The summed E-state index contributed by atoms with van der Waals surface area (Å²) in [4.78, 5) is 0. The lowest BCUT2D eigenvalue weighted by Crippen LogP contribution is -2.38. The highest BCUT2D eigenvalue weighted by molar-refractivity contribution is 5.22. The highest BCUT2D eigenvalue weighted by Crippen LogP contribution is 2.15. The molecule has 20 heavy (non-hydrogen) atoms. The smallest absolute Gasteiger partial charge is 0.162 e. The molecule has 0 aromatic heterocycles. The molecule has 0 saturated carbocycles. The molecule has 1 unspecified atom stereocenters. The van der Waals surface area contributed by atoms with E-state index in [-0.39, 0.29) is 23.8 Å². The minimum atomic E-state index is -0.885.